The Bertz CT molecular complexity index is 562. The standard InChI is InChI=1S/C14H21N5O/c1-2-4-12-7-13(19-14(18-12)16-10-17-19)15-8-11-5-3-6-20-9-11/h7,10-11,15H,2-6,8-9H2,1H3. The molecule has 1 saturated heterocycles. The van der Waals surface area contributed by atoms with Gasteiger partial charge in [0, 0.05) is 24.9 Å². The van der Waals surface area contributed by atoms with E-state index in [1.165, 1.54) is 6.42 Å². The number of ether oxygens (including phenoxy) is 1. The maximum Gasteiger partial charge on any atom is 0.254 e. The van der Waals surface area contributed by atoms with Crippen LogP contribution in [0.15, 0.2) is 12.4 Å². The first kappa shape index (κ1) is 13.3. The quantitative estimate of drug-likeness (QED) is 0.903. The summed E-state index contributed by atoms with van der Waals surface area (Å²) in [7, 11) is 0. The largest absolute Gasteiger partial charge is 0.381 e. The van der Waals surface area contributed by atoms with Crippen LogP contribution in [-0.2, 0) is 11.2 Å². The molecule has 0 saturated carbocycles. The zero-order chi connectivity index (χ0) is 13.8. The van der Waals surface area contributed by atoms with Crippen molar-refractivity contribution >= 4 is 11.6 Å². The fourth-order valence-corrected chi connectivity index (χ4v) is 2.59. The Morgan fingerprint density at radius 3 is 3.25 bits per heavy atom. The van der Waals surface area contributed by atoms with E-state index in [1.54, 1.807) is 10.8 Å². The number of rotatable bonds is 5. The number of aryl methyl sites for hydroxylation is 1. The molecule has 2 aromatic rings. The van der Waals surface area contributed by atoms with Crippen molar-refractivity contribution in [1.29, 1.82) is 0 Å². The second kappa shape index (κ2) is 6.17. The van der Waals surface area contributed by atoms with E-state index in [1.807, 2.05) is 0 Å². The first-order valence-electron chi connectivity index (χ1n) is 7.38. The molecule has 0 aromatic carbocycles. The molecule has 1 atom stereocenters. The average Bonchev–Trinajstić information content (AvgIpc) is 2.95. The van der Waals surface area contributed by atoms with Crippen molar-refractivity contribution < 1.29 is 4.74 Å². The van der Waals surface area contributed by atoms with E-state index in [0.29, 0.717) is 11.7 Å². The molecule has 0 bridgehead atoms. The van der Waals surface area contributed by atoms with Crippen molar-refractivity contribution in [2.75, 3.05) is 25.1 Å². The molecule has 3 heterocycles. The van der Waals surface area contributed by atoms with Crippen LogP contribution in [-0.4, -0.2) is 39.3 Å². The predicted octanol–water partition coefficient (Wildman–Crippen LogP) is 1.92. The molecule has 0 spiro atoms. The molecule has 1 unspecified atom stereocenters. The lowest BCUT2D eigenvalue weighted by Gasteiger charge is -2.22. The van der Waals surface area contributed by atoms with Crippen LogP contribution >= 0.6 is 0 Å². The van der Waals surface area contributed by atoms with Gasteiger partial charge in [-0.25, -0.2) is 4.98 Å². The number of nitrogens with one attached hydrogen (secondary N) is 1. The van der Waals surface area contributed by atoms with Gasteiger partial charge in [-0.3, -0.25) is 0 Å². The number of hydrogen-bond donors (Lipinski definition) is 1. The van der Waals surface area contributed by atoms with E-state index in [4.69, 9.17) is 4.74 Å². The van der Waals surface area contributed by atoms with Gasteiger partial charge in [-0.1, -0.05) is 13.3 Å². The predicted molar refractivity (Wildman–Crippen MR) is 76.8 cm³/mol. The molecule has 6 nitrogen and oxygen atoms in total. The third-order valence-electron chi connectivity index (χ3n) is 3.64. The monoisotopic (exact) mass is 275 g/mol. The van der Waals surface area contributed by atoms with Crippen LogP contribution in [0.4, 0.5) is 5.82 Å². The highest BCUT2D eigenvalue weighted by molar-refractivity contribution is 5.45. The molecule has 0 radical (unpaired) electrons. The summed E-state index contributed by atoms with van der Waals surface area (Å²) in [5.41, 5.74) is 1.07. The van der Waals surface area contributed by atoms with Crippen LogP contribution in [0.3, 0.4) is 0 Å². The lowest BCUT2D eigenvalue weighted by Crippen LogP contribution is -2.25. The van der Waals surface area contributed by atoms with Gasteiger partial charge in [0.1, 0.15) is 12.1 Å². The van der Waals surface area contributed by atoms with Gasteiger partial charge in [-0.2, -0.15) is 14.6 Å². The van der Waals surface area contributed by atoms with Crippen LogP contribution in [0.1, 0.15) is 31.9 Å². The van der Waals surface area contributed by atoms with Gasteiger partial charge >= 0.3 is 0 Å². The molecule has 0 amide bonds. The summed E-state index contributed by atoms with van der Waals surface area (Å²) < 4.78 is 7.28. The fourth-order valence-electron chi connectivity index (χ4n) is 2.59. The van der Waals surface area contributed by atoms with E-state index < -0.39 is 0 Å². The van der Waals surface area contributed by atoms with Gasteiger partial charge in [-0.05, 0) is 25.2 Å². The van der Waals surface area contributed by atoms with E-state index in [2.05, 4.69) is 33.4 Å². The second-order valence-corrected chi connectivity index (χ2v) is 5.32. The lowest BCUT2D eigenvalue weighted by molar-refractivity contribution is 0.0594. The summed E-state index contributed by atoms with van der Waals surface area (Å²) in [5, 5.41) is 7.72. The zero-order valence-corrected chi connectivity index (χ0v) is 11.9. The second-order valence-electron chi connectivity index (χ2n) is 5.32. The van der Waals surface area contributed by atoms with E-state index in [0.717, 1.165) is 50.5 Å². The molecule has 1 aliphatic heterocycles. The minimum Gasteiger partial charge on any atom is -0.381 e. The smallest absolute Gasteiger partial charge is 0.254 e. The first-order valence-corrected chi connectivity index (χ1v) is 7.38. The van der Waals surface area contributed by atoms with Gasteiger partial charge in [0.15, 0.2) is 0 Å². The number of hydrogen-bond acceptors (Lipinski definition) is 5. The van der Waals surface area contributed by atoms with Gasteiger partial charge in [0.25, 0.3) is 5.78 Å². The molecule has 1 N–H and O–H groups in total. The van der Waals surface area contributed by atoms with Gasteiger partial charge in [0.05, 0.1) is 6.61 Å². The summed E-state index contributed by atoms with van der Waals surface area (Å²) in [6, 6.07) is 2.08. The summed E-state index contributed by atoms with van der Waals surface area (Å²) in [5.74, 6) is 2.21. The minimum atomic E-state index is 0.574. The highest BCUT2D eigenvalue weighted by Crippen LogP contribution is 2.16. The minimum absolute atomic E-state index is 0.574. The van der Waals surface area contributed by atoms with Crippen molar-refractivity contribution in [1.82, 2.24) is 19.6 Å². The maximum absolute atomic E-state index is 5.52. The normalized spacial score (nSPS) is 19.4. The number of aromatic nitrogens is 4. The Labute approximate surface area is 118 Å². The van der Waals surface area contributed by atoms with Crippen LogP contribution in [0.5, 0.6) is 0 Å². The van der Waals surface area contributed by atoms with Crippen LogP contribution in [0.2, 0.25) is 0 Å². The lowest BCUT2D eigenvalue weighted by atomic mass is 10.0. The van der Waals surface area contributed by atoms with Crippen molar-refractivity contribution in [2.45, 2.75) is 32.6 Å². The number of anilines is 1. The third kappa shape index (κ3) is 2.90. The van der Waals surface area contributed by atoms with Gasteiger partial charge in [-0.15, -0.1) is 0 Å². The van der Waals surface area contributed by atoms with Crippen molar-refractivity contribution in [2.24, 2.45) is 5.92 Å². The summed E-state index contributed by atoms with van der Waals surface area (Å²) in [6.45, 7) is 4.81. The molecule has 1 aliphatic rings. The first-order chi connectivity index (χ1) is 9.86. The molecule has 108 valence electrons. The van der Waals surface area contributed by atoms with Crippen LogP contribution in [0, 0.1) is 5.92 Å². The SMILES string of the molecule is CCCc1cc(NCC2CCCOC2)n2ncnc2n1. The number of fused-ring (bicyclic) bond motifs is 1. The Balaban J connectivity index is 1.76. The summed E-state index contributed by atoms with van der Waals surface area (Å²) in [4.78, 5) is 8.70. The topological polar surface area (TPSA) is 64.3 Å². The highest BCUT2D eigenvalue weighted by atomic mass is 16.5. The Hall–Kier alpha value is -1.69. The molecular weight excluding hydrogens is 254 g/mol. The van der Waals surface area contributed by atoms with E-state index in [-0.39, 0.29) is 0 Å². The van der Waals surface area contributed by atoms with Gasteiger partial charge in [0.2, 0.25) is 0 Å². The average molecular weight is 275 g/mol. The molecule has 1 fully saturated rings. The number of nitrogens with zero attached hydrogens (tertiary/aromatic N) is 4. The van der Waals surface area contributed by atoms with E-state index in [9.17, 15) is 0 Å². The molecule has 6 heteroatoms. The molecule has 20 heavy (non-hydrogen) atoms. The van der Waals surface area contributed by atoms with Crippen molar-refractivity contribution in [3.63, 3.8) is 0 Å². The third-order valence-corrected chi connectivity index (χ3v) is 3.64. The van der Waals surface area contributed by atoms with Gasteiger partial charge < -0.3 is 10.1 Å². The molecule has 3 rings (SSSR count). The highest BCUT2D eigenvalue weighted by Gasteiger charge is 2.15. The summed E-state index contributed by atoms with van der Waals surface area (Å²) >= 11 is 0. The Kier molecular flexibility index (Phi) is 4.11. The van der Waals surface area contributed by atoms with Crippen molar-refractivity contribution in [3.05, 3.63) is 18.1 Å². The Morgan fingerprint density at radius 2 is 2.45 bits per heavy atom. The Morgan fingerprint density at radius 1 is 1.50 bits per heavy atom. The molecule has 2 aromatic heterocycles. The fraction of sp³-hybridized carbons (Fsp3) is 0.643. The van der Waals surface area contributed by atoms with Crippen LogP contribution < -0.4 is 5.32 Å². The molecular formula is C14H21N5O. The van der Waals surface area contributed by atoms with Crippen LogP contribution in [0.25, 0.3) is 5.78 Å². The zero-order valence-electron chi connectivity index (χ0n) is 11.9. The molecule has 0 aliphatic carbocycles. The summed E-state index contributed by atoms with van der Waals surface area (Å²) in [6.07, 6.45) is 5.97. The van der Waals surface area contributed by atoms with E-state index >= 15 is 0 Å². The van der Waals surface area contributed by atoms with Crippen molar-refractivity contribution in [3.8, 4) is 0 Å². The maximum atomic E-state index is 5.52.